The zero-order chi connectivity index (χ0) is 14.8. The number of hydrogen-bond donors (Lipinski definition) is 1. The maximum absolute atomic E-state index is 13.6. The molecule has 0 aliphatic heterocycles. The molecule has 0 fully saturated rings. The van der Waals surface area contributed by atoms with E-state index in [4.69, 9.17) is 5.73 Å². The Hall–Kier alpha value is -1.81. The lowest BCUT2D eigenvalue weighted by molar-refractivity contribution is 0.439. The average Bonchev–Trinajstić information content (AvgIpc) is 2.36. The molecule has 4 heteroatoms. The lowest BCUT2D eigenvalue weighted by Crippen LogP contribution is -2.41. The largest absolute Gasteiger partial charge is 0.325 e. The van der Waals surface area contributed by atoms with Gasteiger partial charge in [-0.3, -0.25) is 0 Å². The fourth-order valence-electron chi connectivity index (χ4n) is 2.25. The highest BCUT2D eigenvalue weighted by molar-refractivity contribution is 5.24. The van der Waals surface area contributed by atoms with Gasteiger partial charge in [-0.1, -0.05) is 18.2 Å². The van der Waals surface area contributed by atoms with Crippen molar-refractivity contribution in [3.63, 3.8) is 0 Å². The number of benzene rings is 2. The predicted molar refractivity (Wildman–Crippen MR) is 72.8 cm³/mol. The van der Waals surface area contributed by atoms with Gasteiger partial charge in [0, 0.05) is 5.54 Å². The third-order valence-electron chi connectivity index (χ3n) is 3.15. The van der Waals surface area contributed by atoms with E-state index in [9.17, 15) is 13.2 Å². The van der Waals surface area contributed by atoms with E-state index in [1.165, 1.54) is 6.07 Å². The van der Waals surface area contributed by atoms with Gasteiger partial charge in [-0.25, -0.2) is 13.2 Å². The van der Waals surface area contributed by atoms with Crippen LogP contribution in [0.4, 0.5) is 13.2 Å². The Morgan fingerprint density at radius 1 is 0.900 bits per heavy atom. The first-order chi connectivity index (χ1) is 9.37. The zero-order valence-corrected chi connectivity index (χ0v) is 11.2. The van der Waals surface area contributed by atoms with Crippen molar-refractivity contribution in [2.75, 3.05) is 0 Å². The molecule has 0 aromatic heterocycles. The summed E-state index contributed by atoms with van der Waals surface area (Å²) in [7, 11) is 0. The second kappa shape index (κ2) is 5.67. The van der Waals surface area contributed by atoms with Crippen LogP contribution in [-0.4, -0.2) is 5.54 Å². The van der Waals surface area contributed by atoms with Crippen LogP contribution < -0.4 is 5.73 Å². The van der Waals surface area contributed by atoms with Gasteiger partial charge in [0.05, 0.1) is 0 Å². The summed E-state index contributed by atoms with van der Waals surface area (Å²) >= 11 is 0. The van der Waals surface area contributed by atoms with Crippen molar-refractivity contribution in [2.24, 2.45) is 5.73 Å². The van der Waals surface area contributed by atoms with Gasteiger partial charge in [-0.2, -0.15) is 0 Å². The molecule has 20 heavy (non-hydrogen) atoms. The third-order valence-corrected chi connectivity index (χ3v) is 3.15. The van der Waals surface area contributed by atoms with Gasteiger partial charge in [0.1, 0.15) is 17.5 Å². The first-order valence-corrected chi connectivity index (χ1v) is 6.34. The fraction of sp³-hybridized carbons (Fsp3) is 0.250. The monoisotopic (exact) mass is 279 g/mol. The summed E-state index contributed by atoms with van der Waals surface area (Å²) in [4.78, 5) is 0. The van der Waals surface area contributed by atoms with Gasteiger partial charge >= 0.3 is 0 Å². The number of halogens is 3. The molecule has 2 N–H and O–H groups in total. The molecule has 1 unspecified atom stereocenters. The van der Waals surface area contributed by atoms with Crippen LogP contribution in [0.3, 0.4) is 0 Å². The summed E-state index contributed by atoms with van der Waals surface area (Å²) in [5, 5.41) is 0. The Morgan fingerprint density at radius 2 is 1.50 bits per heavy atom. The van der Waals surface area contributed by atoms with E-state index in [1.54, 1.807) is 25.1 Å². The average molecular weight is 279 g/mol. The molecule has 106 valence electrons. The van der Waals surface area contributed by atoms with E-state index < -0.39 is 17.2 Å². The van der Waals surface area contributed by atoms with E-state index in [0.29, 0.717) is 5.56 Å². The molecular formula is C16H16F3N. The van der Waals surface area contributed by atoms with E-state index in [2.05, 4.69) is 0 Å². The van der Waals surface area contributed by atoms with Gasteiger partial charge in [0.2, 0.25) is 0 Å². The normalized spacial score (nSPS) is 14.1. The van der Waals surface area contributed by atoms with Crippen molar-refractivity contribution in [3.05, 3.63) is 71.0 Å². The molecular weight excluding hydrogens is 263 g/mol. The first kappa shape index (κ1) is 14.6. The summed E-state index contributed by atoms with van der Waals surface area (Å²) in [6.07, 6.45) is 0.376. The van der Waals surface area contributed by atoms with Crippen LogP contribution in [0.5, 0.6) is 0 Å². The molecule has 2 aromatic carbocycles. The highest BCUT2D eigenvalue weighted by Crippen LogP contribution is 2.20. The van der Waals surface area contributed by atoms with Gasteiger partial charge in [0.25, 0.3) is 0 Å². The molecule has 0 aliphatic carbocycles. The number of hydrogen-bond acceptors (Lipinski definition) is 1. The highest BCUT2D eigenvalue weighted by atomic mass is 19.1. The minimum atomic E-state index is -0.864. The van der Waals surface area contributed by atoms with Crippen LogP contribution in [-0.2, 0) is 12.8 Å². The van der Waals surface area contributed by atoms with Gasteiger partial charge in [-0.05, 0) is 55.2 Å². The second-order valence-electron chi connectivity index (χ2n) is 5.33. The maximum Gasteiger partial charge on any atom is 0.126 e. The third kappa shape index (κ3) is 3.61. The zero-order valence-electron chi connectivity index (χ0n) is 11.2. The molecule has 2 rings (SSSR count). The lowest BCUT2D eigenvalue weighted by Gasteiger charge is -2.25. The quantitative estimate of drug-likeness (QED) is 0.909. The highest BCUT2D eigenvalue weighted by Gasteiger charge is 2.23. The molecule has 0 radical (unpaired) electrons. The van der Waals surface area contributed by atoms with E-state index in [1.807, 2.05) is 0 Å². The van der Waals surface area contributed by atoms with Gasteiger partial charge in [-0.15, -0.1) is 0 Å². The molecule has 1 nitrogen and oxygen atoms in total. The first-order valence-electron chi connectivity index (χ1n) is 6.34. The van der Waals surface area contributed by atoms with Crippen molar-refractivity contribution in [2.45, 2.75) is 25.3 Å². The maximum atomic E-state index is 13.6. The van der Waals surface area contributed by atoms with Crippen molar-refractivity contribution in [3.8, 4) is 0 Å². The Labute approximate surface area is 116 Å². The predicted octanol–water partition coefficient (Wildman–Crippen LogP) is 3.61. The SMILES string of the molecule is CC(N)(Cc1ccccc1F)Cc1cc(F)ccc1F. The summed E-state index contributed by atoms with van der Waals surface area (Å²) in [5.74, 6) is -1.36. The molecule has 0 saturated heterocycles. The molecule has 0 aliphatic rings. The van der Waals surface area contributed by atoms with Crippen molar-refractivity contribution >= 4 is 0 Å². The smallest absolute Gasteiger partial charge is 0.126 e. The minimum Gasteiger partial charge on any atom is -0.325 e. The summed E-state index contributed by atoms with van der Waals surface area (Å²) in [5.41, 5.74) is 5.92. The summed E-state index contributed by atoms with van der Waals surface area (Å²) in [6, 6.07) is 9.57. The van der Waals surface area contributed by atoms with Crippen LogP contribution in [0.15, 0.2) is 42.5 Å². The minimum absolute atomic E-state index is 0.130. The fourth-order valence-corrected chi connectivity index (χ4v) is 2.25. The van der Waals surface area contributed by atoms with Crippen LogP contribution in [0.2, 0.25) is 0 Å². The van der Waals surface area contributed by atoms with Crippen molar-refractivity contribution in [1.29, 1.82) is 0 Å². The number of nitrogens with two attached hydrogens (primary N) is 1. The Kier molecular flexibility index (Phi) is 4.14. The number of rotatable bonds is 4. The molecule has 0 spiro atoms. The topological polar surface area (TPSA) is 26.0 Å². The van der Waals surface area contributed by atoms with E-state index in [0.717, 1.165) is 18.2 Å². The van der Waals surface area contributed by atoms with Gasteiger partial charge < -0.3 is 5.73 Å². The summed E-state index contributed by atoms with van der Waals surface area (Å²) < 4.78 is 40.4. The molecule has 0 saturated carbocycles. The van der Waals surface area contributed by atoms with Crippen molar-refractivity contribution < 1.29 is 13.2 Å². The Balaban J connectivity index is 2.19. The van der Waals surface area contributed by atoms with Crippen LogP contribution in [0.1, 0.15) is 18.1 Å². The molecule has 0 amide bonds. The van der Waals surface area contributed by atoms with Crippen molar-refractivity contribution in [1.82, 2.24) is 0 Å². The molecule has 0 heterocycles. The van der Waals surface area contributed by atoms with Gasteiger partial charge in [0.15, 0.2) is 0 Å². The molecule has 0 bridgehead atoms. The molecule has 1 atom stereocenters. The van der Waals surface area contributed by atoms with E-state index in [-0.39, 0.29) is 24.2 Å². The van der Waals surface area contributed by atoms with Crippen LogP contribution in [0.25, 0.3) is 0 Å². The second-order valence-corrected chi connectivity index (χ2v) is 5.33. The molecule has 2 aromatic rings. The standard InChI is InChI=1S/C16H16F3N/c1-16(20,9-11-4-2-3-5-14(11)18)10-12-8-13(17)6-7-15(12)19/h2-8H,9-10,20H2,1H3. The summed E-state index contributed by atoms with van der Waals surface area (Å²) in [6.45, 7) is 1.70. The lowest BCUT2D eigenvalue weighted by atomic mass is 9.87. The Morgan fingerprint density at radius 3 is 2.20 bits per heavy atom. The van der Waals surface area contributed by atoms with Crippen LogP contribution >= 0.6 is 0 Å². The Bertz CT molecular complexity index is 608. The van der Waals surface area contributed by atoms with E-state index >= 15 is 0 Å². The van der Waals surface area contributed by atoms with Crippen LogP contribution in [0, 0.1) is 17.5 Å².